The molecule has 0 radical (unpaired) electrons. The molecule has 0 bridgehead atoms. The molecular formula is C18H19N3O4. The molecule has 2 aliphatic heterocycles. The second kappa shape index (κ2) is 6.34. The van der Waals surface area contributed by atoms with Gasteiger partial charge >= 0.3 is 5.97 Å². The van der Waals surface area contributed by atoms with E-state index in [9.17, 15) is 4.79 Å². The number of aromatic nitrogens is 2. The van der Waals surface area contributed by atoms with E-state index < -0.39 is 6.29 Å². The van der Waals surface area contributed by atoms with Crippen LogP contribution in [0, 0.1) is 0 Å². The van der Waals surface area contributed by atoms with Crippen molar-refractivity contribution < 1.29 is 19.0 Å². The molecule has 130 valence electrons. The number of nitrogens with zero attached hydrogens (tertiary/aromatic N) is 2. The van der Waals surface area contributed by atoms with Crippen molar-refractivity contribution in [2.75, 3.05) is 25.6 Å². The Morgan fingerprint density at radius 1 is 1.28 bits per heavy atom. The van der Waals surface area contributed by atoms with Gasteiger partial charge in [-0.15, -0.1) is 0 Å². The van der Waals surface area contributed by atoms with Crippen molar-refractivity contribution in [1.29, 1.82) is 0 Å². The van der Waals surface area contributed by atoms with Crippen LogP contribution in [-0.2, 0) is 25.5 Å². The second-order valence-electron chi connectivity index (χ2n) is 5.92. The first-order valence-electron chi connectivity index (χ1n) is 8.13. The SMILES string of the molecule is COC(=O)C1=C(C)Nc2nc(-c3ccccc3)c(C3OCCO3)n2C1. The molecule has 0 amide bonds. The zero-order valence-corrected chi connectivity index (χ0v) is 14.1. The van der Waals surface area contributed by atoms with Gasteiger partial charge in [-0.3, -0.25) is 0 Å². The number of carbonyl (C=O) groups excluding carboxylic acids is 1. The average molecular weight is 341 g/mol. The number of allylic oxidation sites excluding steroid dienone is 1. The maximum atomic E-state index is 12.1. The van der Waals surface area contributed by atoms with Gasteiger partial charge in [-0.05, 0) is 6.92 Å². The average Bonchev–Trinajstić information content (AvgIpc) is 3.28. The minimum absolute atomic E-state index is 0.357. The molecular weight excluding hydrogens is 322 g/mol. The summed E-state index contributed by atoms with van der Waals surface area (Å²) in [6.07, 6.45) is -0.504. The summed E-state index contributed by atoms with van der Waals surface area (Å²) in [6.45, 7) is 3.27. The molecule has 0 atom stereocenters. The van der Waals surface area contributed by atoms with Crippen LogP contribution in [0.4, 0.5) is 5.95 Å². The van der Waals surface area contributed by atoms with Crippen molar-refractivity contribution in [3.63, 3.8) is 0 Å². The molecule has 4 rings (SSSR count). The molecule has 2 aliphatic rings. The summed E-state index contributed by atoms with van der Waals surface area (Å²) in [6, 6.07) is 9.87. The third kappa shape index (κ3) is 2.71. The van der Waals surface area contributed by atoms with Gasteiger partial charge in [0, 0.05) is 11.3 Å². The van der Waals surface area contributed by atoms with Gasteiger partial charge < -0.3 is 24.1 Å². The van der Waals surface area contributed by atoms with Crippen LogP contribution in [0.1, 0.15) is 18.9 Å². The minimum Gasteiger partial charge on any atom is -0.466 e. The van der Waals surface area contributed by atoms with E-state index in [2.05, 4.69) is 5.32 Å². The summed E-state index contributed by atoms with van der Waals surface area (Å²) >= 11 is 0. The van der Waals surface area contributed by atoms with Gasteiger partial charge in [0.05, 0.1) is 38.1 Å². The van der Waals surface area contributed by atoms with E-state index >= 15 is 0 Å². The van der Waals surface area contributed by atoms with Gasteiger partial charge in [0.25, 0.3) is 0 Å². The normalized spacial score (nSPS) is 17.4. The van der Waals surface area contributed by atoms with E-state index in [1.165, 1.54) is 7.11 Å². The molecule has 1 saturated heterocycles. The summed E-state index contributed by atoms with van der Waals surface area (Å²) < 4.78 is 18.3. The van der Waals surface area contributed by atoms with Gasteiger partial charge in [-0.1, -0.05) is 30.3 Å². The van der Waals surface area contributed by atoms with Crippen molar-refractivity contribution in [2.24, 2.45) is 0 Å². The molecule has 7 heteroatoms. The van der Waals surface area contributed by atoms with Gasteiger partial charge in [-0.2, -0.15) is 0 Å². The number of fused-ring (bicyclic) bond motifs is 1. The van der Waals surface area contributed by atoms with E-state index in [-0.39, 0.29) is 5.97 Å². The maximum Gasteiger partial charge on any atom is 0.337 e. The number of ether oxygens (including phenoxy) is 3. The van der Waals surface area contributed by atoms with Crippen molar-refractivity contribution in [3.05, 3.63) is 47.3 Å². The van der Waals surface area contributed by atoms with Crippen molar-refractivity contribution >= 4 is 11.9 Å². The Kier molecular flexibility index (Phi) is 4.03. The first-order chi connectivity index (χ1) is 12.2. The fraction of sp³-hybridized carbons (Fsp3) is 0.333. The minimum atomic E-state index is -0.504. The molecule has 2 aromatic rings. The second-order valence-corrected chi connectivity index (χ2v) is 5.92. The van der Waals surface area contributed by atoms with Crippen molar-refractivity contribution in [1.82, 2.24) is 9.55 Å². The van der Waals surface area contributed by atoms with E-state index in [4.69, 9.17) is 19.2 Å². The van der Waals surface area contributed by atoms with Crippen LogP contribution < -0.4 is 5.32 Å². The lowest BCUT2D eigenvalue weighted by atomic mass is 10.1. The fourth-order valence-electron chi connectivity index (χ4n) is 3.15. The predicted octanol–water partition coefficient (Wildman–Crippen LogP) is 2.47. The first-order valence-corrected chi connectivity index (χ1v) is 8.13. The molecule has 1 N–H and O–H groups in total. The third-order valence-corrected chi connectivity index (χ3v) is 4.40. The van der Waals surface area contributed by atoms with Crippen molar-refractivity contribution in [2.45, 2.75) is 19.8 Å². The number of nitrogens with one attached hydrogen (secondary N) is 1. The number of esters is 1. The molecule has 0 unspecified atom stereocenters. The predicted molar refractivity (Wildman–Crippen MR) is 90.6 cm³/mol. The molecule has 0 spiro atoms. The fourth-order valence-corrected chi connectivity index (χ4v) is 3.15. The number of hydrogen-bond donors (Lipinski definition) is 1. The van der Waals surface area contributed by atoms with Crippen LogP contribution in [-0.4, -0.2) is 35.8 Å². The van der Waals surface area contributed by atoms with Gasteiger partial charge in [0.2, 0.25) is 12.2 Å². The van der Waals surface area contributed by atoms with Crippen molar-refractivity contribution in [3.8, 4) is 11.3 Å². The quantitative estimate of drug-likeness (QED) is 0.865. The monoisotopic (exact) mass is 341 g/mol. The van der Waals surface area contributed by atoms with E-state index in [0.717, 1.165) is 22.6 Å². The van der Waals surface area contributed by atoms with Crippen LogP contribution in [0.5, 0.6) is 0 Å². The first kappa shape index (κ1) is 15.9. The standard InChI is InChI=1S/C18H19N3O4/c1-11-13(16(22)23-2)10-21-15(17-24-8-9-25-17)14(20-18(21)19-11)12-6-4-3-5-7-12/h3-7,17H,8-10H2,1-2H3,(H,19,20). The number of carbonyl (C=O) groups is 1. The molecule has 7 nitrogen and oxygen atoms in total. The summed E-state index contributed by atoms with van der Waals surface area (Å²) in [7, 11) is 1.38. The Balaban J connectivity index is 1.83. The van der Waals surface area contributed by atoms with E-state index in [1.807, 2.05) is 41.8 Å². The molecule has 25 heavy (non-hydrogen) atoms. The van der Waals surface area contributed by atoms with Gasteiger partial charge in [0.1, 0.15) is 5.69 Å². The summed E-state index contributed by atoms with van der Waals surface area (Å²) in [5.41, 5.74) is 3.86. The molecule has 0 saturated carbocycles. The van der Waals surface area contributed by atoms with Crippen LogP contribution >= 0.6 is 0 Å². The summed E-state index contributed by atoms with van der Waals surface area (Å²) in [4.78, 5) is 16.8. The zero-order valence-electron chi connectivity index (χ0n) is 14.1. The number of benzene rings is 1. The summed E-state index contributed by atoms with van der Waals surface area (Å²) in [5.74, 6) is 0.308. The van der Waals surface area contributed by atoms with Crippen LogP contribution in [0.25, 0.3) is 11.3 Å². The van der Waals surface area contributed by atoms with Crippen LogP contribution in [0.3, 0.4) is 0 Å². The lowest BCUT2D eigenvalue weighted by Crippen LogP contribution is -2.24. The highest BCUT2D eigenvalue weighted by molar-refractivity contribution is 5.90. The molecule has 1 aromatic heterocycles. The molecule has 1 aromatic carbocycles. The zero-order chi connectivity index (χ0) is 17.4. The highest BCUT2D eigenvalue weighted by Gasteiger charge is 2.33. The van der Waals surface area contributed by atoms with Gasteiger partial charge in [0.15, 0.2) is 0 Å². The Hall–Kier alpha value is -2.64. The van der Waals surface area contributed by atoms with Crippen LogP contribution in [0.2, 0.25) is 0 Å². The smallest absolute Gasteiger partial charge is 0.337 e. The molecule has 3 heterocycles. The number of hydrogen-bond acceptors (Lipinski definition) is 6. The van der Waals surface area contributed by atoms with E-state index in [0.29, 0.717) is 31.3 Å². The molecule has 1 fully saturated rings. The largest absolute Gasteiger partial charge is 0.466 e. The number of anilines is 1. The number of methoxy groups -OCH3 is 1. The van der Waals surface area contributed by atoms with E-state index in [1.54, 1.807) is 0 Å². The topological polar surface area (TPSA) is 74.6 Å². The number of rotatable bonds is 3. The Morgan fingerprint density at radius 3 is 2.68 bits per heavy atom. The maximum absolute atomic E-state index is 12.1. The third-order valence-electron chi connectivity index (χ3n) is 4.40. The Bertz CT molecular complexity index is 836. The highest BCUT2D eigenvalue weighted by atomic mass is 16.7. The molecule has 0 aliphatic carbocycles. The Labute approximate surface area is 145 Å². The lowest BCUT2D eigenvalue weighted by molar-refractivity contribution is -0.136. The lowest BCUT2D eigenvalue weighted by Gasteiger charge is -2.23. The highest BCUT2D eigenvalue weighted by Crippen LogP contribution is 2.37. The van der Waals surface area contributed by atoms with Crippen LogP contribution in [0.15, 0.2) is 41.6 Å². The van der Waals surface area contributed by atoms with Gasteiger partial charge in [-0.25, -0.2) is 9.78 Å². The summed E-state index contributed by atoms with van der Waals surface area (Å²) in [5, 5.41) is 3.20. The Morgan fingerprint density at radius 2 is 2.00 bits per heavy atom. The number of imidazole rings is 1.